The Bertz CT molecular complexity index is 1600. The van der Waals surface area contributed by atoms with Gasteiger partial charge in [0.15, 0.2) is 29.0 Å². The molecule has 0 radical (unpaired) electrons. The largest absolute Gasteiger partial charge is 0.477 e. The van der Waals surface area contributed by atoms with Gasteiger partial charge in [-0.05, 0) is 18.6 Å². The number of nitrogens with zero attached hydrogens (tertiary/aromatic N) is 3. The van der Waals surface area contributed by atoms with Crippen LogP contribution < -0.4 is 15.3 Å². The fourth-order valence-electron chi connectivity index (χ4n) is 4.17. The molecule has 0 saturated heterocycles. The quantitative estimate of drug-likeness (QED) is 0.380. The van der Waals surface area contributed by atoms with Crippen LogP contribution in [0.25, 0.3) is 38.1 Å². The topological polar surface area (TPSA) is 99.8 Å². The number of carboxylic acids is 1. The van der Waals surface area contributed by atoms with Crippen LogP contribution in [0.2, 0.25) is 0 Å². The van der Waals surface area contributed by atoms with Crippen LogP contribution >= 0.6 is 11.6 Å². The van der Waals surface area contributed by atoms with Gasteiger partial charge >= 0.3 is 5.97 Å². The predicted molar refractivity (Wildman–Crippen MR) is 108 cm³/mol. The van der Waals surface area contributed by atoms with Gasteiger partial charge in [0.1, 0.15) is 16.7 Å². The Morgan fingerprint density at radius 2 is 2.10 bits per heavy atom. The van der Waals surface area contributed by atoms with E-state index in [1.165, 1.54) is 6.20 Å². The van der Waals surface area contributed by atoms with Crippen molar-refractivity contribution in [3.05, 3.63) is 56.9 Å². The monoisotopic (exact) mass is 423 g/mol. The van der Waals surface area contributed by atoms with Crippen LogP contribution in [0.1, 0.15) is 34.8 Å². The molecule has 0 spiro atoms. The lowest BCUT2D eigenvalue weighted by Gasteiger charge is -2.07. The Labute approximate surface area is 172 Å². The van der Waals surface area contributed by atoms with E-state index in [0.717, 1.165) is 24.5 Å². The van der Waals surface area contributed by atoms with Gasteiger partial charge in [-0.15, -0.1) is 0 Å². The number of carbonyl (C=O) groups is 1. The molecular formula is C21H13ClFN4O3+. The number of aromatic carboxylic acids is 1. The number of hydrogen-bond acceptors (Lipinski definition) is 4. The number of rotatable bonds is 2. The number of hydrogen-bond donors (Lipinski definition) is 2. The molecule has 9 heteroatoms. The number of fused-ring (bicyclic) bond motifs is 6. The average molecular weight is 424 g/mol. The summed E-state index contributed by atoms with van der Waals surface area (Å²) in [5.74, 6) is -2.01. The Morgan fingerprint density at radius 3 is 2.83 bits per heavy atom. The summed E-state index contributed by atoms with van der Waals surface area (Å²) >= 11 is 6.27. The molecule has 1 saturated carbocycles. The number of pyridine rings is 1. The second-order valence-electron chi connectivity index (χ2n) is 7.62. The fraction of sp³-hybridized carbons (Fsp3) is 0.190. The first-order valence-electron chi connectivity index (χ1n) is 9.46. The van der Waals surface area contributed by atoms with Crippen LogP contribution in [-0.4, -0.2) is 26.0 Å². The summed E-state index contributed by atoms with van der Waals surface area (Å²) in [6.07, 6.45) is 7.30. The highest BCUT2D eigenvalue weighted by atomic mass is 35.5. The maximum atomic E-state index is 15.1. The minimum absolute atomic E-state index is 0.00497. The van der Waals surface area contributed by atoms with Crippen molar-refractivity contribution in [3.8, 4) is 0 Å². The molecule has 6 rings (SSSR count). The summed E-state index contributed by atoms with van der Waals surface area (Å²) in [5, 5.41) is 10.5. The van der Waals surface area contributed by atoms with E-state index in [1.807, 2.05) is 6.08 Å². The van der Waals surface area contributed by atoms with Gasteiger partial charge in [-0.25, -0.2) is 19.2 Å². The zero-order valence-corrected chi connectivity index (χ0v) is 16.1. The van der Waals surface area contributed by atoms with E-state index in [1.54, 1.807) is 10.6 Å². The molecule has 3 heterocycles. The molecule has 0 amide bonds. The van der Waals surface area contributed by atoms with Gasteiger partial charge in [0.2, 0.25) is 10.9 Å². The molecule has 2 aliphatic rings. The van der Waals surface area contributed by atoms with E-state index in [-0.39, 0.29) is 28.0 Å². The van der Waals surface area contributed by atoms with Crippen LogP contribution in [0.15, 0.2) is 29.2 Å². The van der Waals surface area contributed by atoms with Crippen LogP contribution in [0.3, 0.4) is 0 Å². The van der Waals surface area contributed by atoms with Crippen molar-refractivity contribution in [3.63, 3.8) is 0 Å². The van der Waals surface area contributed by atoms with Gasteiger partial charge < -0.3 is 10.1 Å². The SMILES string of the molecule is O=C(O)c1c[n+](C2CC2)c2c(cc(F)c3[nH]c4c5c(nc4nc32)=C(Cl)C=CC5)c1=O. The molecule has 4 aromatic rings. The summed E-state index contributed by atoms with van der Waals surface area (Å²) in [6, 6.07) is 1.14. The summed E-state index contributed by atoms with van der Waals surface area (Å²) in [6.45, 7) is 0. The van der Waals surface area contributed by atoms with Crippen molar-refractivity contribution >= 4 is 55.7 Å². The molecular weight excluding hydrogens is 411 g/mol. The first kappa shape index (κ1) is 17.5. The van der Waals surface area contributed by atoms with Crippen LogP contribution in [0.4, 0.5) is 4.39 Å². The molecule has 1 aromatic carbocycles. The third kappa shape index (κ3) is 2.28. The average Bonchev–Trinajstić information content (AvgIpc) is 3.49. The second-order valence-corrected chi connectivity index (χ2v) is 8.03. The van der Waals surface area contributed by atoms with Crippen molar-refractivity contribution < 1.29 is 18.9 Å². The molecule has 0 atom stereocenters. The second kappa shape index (κ2) is 5.82. The number of aromatic nitrogens is 4. The molecule has 3 aromatic heterocycles. The minimum atomic E-state index is -1.34. The third-order valence-corrected chi connectivity index (χ3v) is 6.03. The maximum Gasteiger partial charge on any atom is 0.345 e. The Kier molecular flexibility index (Phi) is 3.39. The number of aromatic amines is 1. The zero-order valence-electron chi connectivity index (χ0n) is 15.4. The molecule has 30 heavy (non-hydrogen) atoms. The van der Waals surface area contributed by atoms with Crippen molar-refractivity contribution in [2.24, 2.45) is 0 Å². The number of H-pyrrole nitrogens is 1. The first-order chi connectivity index (χ1) is 14.4. The normalized spacial score (nSPS) is 16.0. The van der Waals surface area contributed by atoms with Gasteiger partial charge in [-0.3, -0.25) is 4.79 Å². The number of halogens is 2. The van der Waals surface area contributed by atoms with Gasteiger partial charge in [-0.1, -0.05) is 17.7 Å². The smallest absolute Gasteiger partial charge is 0.345 e. The van der Waals surface area contributed by atoms with Gasteiger partial charge in [0.25, 0.3) is 0 Å². The predicted octanol–water partition coefficient (Wildman–Crippen LogP) is 2.26. The zero-order chi connectivity index (χ0) is 20.7. The first-order valence-corrected chi connectivity index (χ1v) is 9.84. The lowest BCUT2D eigenvalue weighted by Crippen LogP contribution is -2.38. The maximum absolute atomic E-state index is 15.1. The highest BCUT2D eigenvalue weighted by molar-refractivity contribution is 6.47. The minimum Gasteiger partial charge on any atom is -0.477 e. The summed E-state index contributed by atoms with van der Waals surface area (Å²) in [7, 11) is 0. The summed E-state index contributed by atoms with van der Waals surface area (Å²) < 4.78 is 16.8. The summed E-state index contributed by atoms with van der Waals surface area (Å²) in [4.78, 5) is 36.6. The lowest BCUT2D eigenvalue weighted by atomic mass is 10.1. The van der Waals surface area contributed by atoms with E-state index in [4.69, 9.17) is 11.6 Å². The lowest BCUT2D eigenvalue weighted by molar-refractivity contribution is -0.674. The van der Waals surface area contributed by atoms with Gasteiger partial charge in [0, 0.05) is 18.4 Å². The highest BCUT2D eigenvalue weighted by Gasteiger charge is 2.37. The van der Waals surface area contributed by atoms with Gasteiger partial charge in [-0.2, -0.15) is 4.57 Å². The molecule has 148 valence electrons. The molecule has 1 fully saturated rings. The Morgan fingerprint density at radius 1 is 1.30 bits per heavy atom. The van der Waals surface area contributed by atoms with Crippen LogP contribution in [0.5, 0.6) is 0 Å². The Hall–Kier alpha value is -3.39. The van der Waals surface area contributed by atoms with Crippen molar-refractivity contribution in [2.45, 2.75) is 25.3 Å². The van der Waals surface area contributed by atoms with Crippen molar-refractivity contribution in [2.75, 3.05) is 0 Å². The van der Waals surface area contributed by atoms with Gasteiger partial charge in [0.05, 0.1) is 15.9 Å². The number of nitrogens with one attached hydrogen (secondary N) is 1. The summed E-state index contributed by atoms with van der Waals surface area (Å²) in [5.41, 5.74) is 1.51. The van der Waals surface area contributed by atoms with Crippen molar-refractivity contribution in [1.29, 1.82) is 0 Å². The standard InChI is InChI=1S/C21H12ClFN4O3/c22-12-3-1-2-9-14(12)25-20-15(9)24-16-13(23)6-10-18(17(16)26-20)27(8-4-5-8)7-11(19(10)28)21(29)30/h1,3,6-8H,2,4-5H2,(H,29,30)/p+1. The molecule has 2 aliphatic carbocycles. The number of carboxylic acid groups (broad SMARTS) is 1. The van der Waals surface area contributed by atoms with E-state index in [9.17, 15) is 14.7 Å². The third-order valence-electron chi connectivity index (χ3n) is 5.72. The van der Waals surface area contributed by atoms with E-state index < -0.39 is 17.2 Å². The van der Waals surface area contributed by atoms with E-state index >= 15 is 4.39 Å². The molecule has 2 N–H and O–H groups in total. The molecule has 0 unspecified atom stereocenters. The molecule has 7 nitrogen and oxygen atoms in total. The Balaban J connectivity index is 1.82. The van der Waals surface area contributed by atoms with Crippen LogP contribution in [0, 0.1) is 5.82 Å². The van der Waals surface area contributed by atoms with Crippen molar-refractivity contribution in [1.82, 2.24) is 15.0 Å². The number of benzene rings is 1. The molecule has 0 bridgehead atoms. The van der Waals surface area contributed by atoms with E-state index in [0.29, 0.717) is 33.5 Å². The van der Waals surface area contributed by atoms with Crippen LogP contribution in [-0.2, 0) is 6.42 Å². The van der Waals surface area contributed by atoms with E-state index in [2.05, 4.69) is 15.0 Å². The highest BCUT2D eigenvalue weighted by Crippen LogP contribution is 2.33. The fourth-order valence-corrected chi connectivity index (χ4v) is 4.42. The number of allylic oxidation sites excluding steroid dienone is 2. The molecule has 0 aliphatic heterocycles.